The van der Waals surface area contributed by atoms with E-state index < -0.39 is 0 Å². The number of rotatable bonds is 8. The first-order valence-corrected chi connectivity index (χ1v) is 9.87. The van der Waals surface area contributed by atoms with Crippen LogP contribution in [-0.4, -0.2) is 73.2 Å². The normalized spacial score (nSPS) is 15.8. The topological polar surface area (TPSA) is 47.8 Å². The predicted molar refractivity (Wildman–Crippen MR) is 127 cm³/mol. The monoisotopic (exact) mass is 496 g/mol. The number of piperazine rings is 1. The average molecular weight is 496 g/mol. The van der Waals surface area contributed by atoms with Crippen molar-refractivity contribution in [1.29, 1.82) is 0 Å². The molecule has 154 valence electrons. The van der Waals surface area contributed by atoms with Gasteiger partial charge in [-0.05, 0) is 17.7 Å². The Balaban J connectivity index is 0.00000280. The minimum atomic E-state index is 0. The molecule has 0 aliphatic carbocycles. The van der Waals surface area contributed by atoms with E-state index in [0.717, 1.165) is 64.9 Å². The standard InChI is InChI=1S/C21H32N6.HI/c1-22-21(23-9-13-25-11-5-6-12-25)24-10-14-26-15-17-27(18-16-26)19-20-7-3-2-4-8-20;/h2-8,11-12H,9-10,13-19H2,1H3,(H2,22,23,24);1H. The molecule has 2 N–H and O–H groups in total. The minimum absolute atomic E-state index is 0. The van der Waals surface area contributed by atoms with Gasteiger partial charge in [0.1, 0.15) is 0 Å². The number of aromatic nitrogens is 1. The van der Waals surface area contributed by atoms with Crippen LogP contribution in [0, 0.1) is 0 Å². The van der Waals surface area contributed by atoms with Gasteiger partial charge in [0.25, 0.3) is 0 Å². The second-order valence-electron chi connectivity index (χ2n) is 6.95. The number of benzene rings is 1. The average Bonchev–Trinajstić information content (AvgIpc) is 3.22. The molecule has 1 aliphatic rings. The SMILES string of the molecule is CN=C(NCCN1CCN(Cc2ccccc2)CC1)NCCn1cccc1.I. The molecule has 0 unspecified atom stereocenters. The third-order valence-electron chi connectivity index (χ3n) is 4.99. The van der Waals surface area contributed by atoms with Crippen LogP contribution in [0.3, 0.4) is 0 Å². The second-order valence-corrected chi connectivity index (χ2v) is 6.95. The first kappa shape index (κ1) is 22.7. The highest BCUT2D eigenvalue weighted by molar-refractivity contribution is 14.0. The molecule has 1 aromatic heterocycles. The summed E-state index contributed by atoms with van der Waals surface area (Å²) < 4.78 is 2.16. The van der Waals surface area contributed by atoms with Crippen molar-refractivity contribution in [1.82, 2.24) is 25.0 Å². The number of aliphatic imine (C=N–C) groups is 1. The van der Waals surface area contributed by atoms with Crippen molar-refractivity contribution in [3.05, 3.63) is 60.4 Å². The van der Waals surface area contributed by atoms with Gasteiger partial charge in [-0.2, -0.15) is 0 Å². The summed E-state index contributed by atoms with van der Waals surface area (Å²) in [6, 6.07) is 14.8. The van der Waals surface area contributed by atoms with Gasteiger partial charge < -0.3 is 15.2 Å². The van der Waals surface area contributed by atoms with Crippen LogP contribution in [0.4, 0.5) is 0 Å². The summed E-state index contributed by atoms with van der Waals surface area (Å²) in [6.45, 7) is 9.38. The lowest BCUT2D eigenvalue weighted by Gasteiger charge is -2.34. The van der Waals surface area contributed by atoms with Crippen LogP contribution in [0.5, 0.6) is 0 Å². The van der Waals surface area contributed by atoms with E-state index >= 15 is 0 Å². The summed E-state index contributed by atoms with van der Waals surface area (Å²) in [7, 11) is 1.83. The highest BCUT2D eigenvalue weighted by Crippen LogP contribution is 2.07. The quantitative estimate of drug-likeness (QED) is 0.334. The highest BCUT2D eigenvalue weighted by Gasteiger charge is 2.16. The number of nitrogens with one attached hydrogen (secondary N) is 2. The van der Waals surface area contributed by atoms with Crippen molar-refractivity contribution in [3.63, 3.8) is 0 Å². The third kappa shape index (κ3) is 7.81. The smallest absolute Gasteiger partial charge is 0.191 e. The molecule has 0 atom stereocenters. The van der Waals surface area contributed by atoms with E-state index in [4.69, 9.17) is 0 Å². The molecule has 6 nitrogen and oxygen atoms in total. The van der Waals surface area contributed by atoms with E-state index in [9.17, 15) is 0 Å². The Labute approximate surface area is 186 Å². The van der Waals surface area contributed by atoms with Crippen molar-refractivity contribution in [2.24, 2.45) is 4.99 Å². The van der Waals surface area contributed by atoms with Gasteiger partial charge in [-0.1, -0.05) is 30.3 Å². The largest absolute Gasteiger partial charge is 0.355 e. The van der Waals surface area contributed by atoms with Crippen LogP contribution >= 0.6 is 24.0 Å². The van der Waals surface area contributed by atoms with Gasteiger partial charge in [-0.15, -0.1) is 24.0 Å². The molecule has 2 aromatic rings. The molecule has 1 fully saturated rings. The van der Waals surface area contributed by atoms with Gasteiger partial charge >= 0.3 is 0 Å². The van der Waals surface area contributed by atoms with Crippen LogP contribution in [0.1, 0.15) is 5.56 Å². The molecule has 0 bridgehead atoms. The van der Waals surface area contributed by atoms with E-state index in [0.29, 0.717) is 0 Å². The minimum Gasteiger partial charge on any atom is -0.355 e. The van der Waals surface area contributed by atoms with Gasteiger partial charge in [0, 0.05) is 78.3 Å². The second kappa shape index (κ2) is 12.8. The zero-order chi connectivity index (χ0) is 18.7. The van der Waals surface area contributed by atoms with Crippen molar-refractivity contribution in [2.75, 3.05) is 52.9 Å². The Bertz CT molecular complexity index is 665. The number of nitrogens with zero attached hydrogens (tertiary/aromatic N) is 4. The Hall–Kier alpha value is -1.58. The van der Waals surface area contributed by atoms with Gasteiger partial charge in [-0.3, -0.25) is 14.8 Å². The molecule has 3 rings (SSSR count). The molecule has 1 aromatic carbocycles. The summed E-state index contributed by atoms with van der Waals surface area (Å²) >= 11 is 0. The van der Waals surface area contributed by atoms with Crippen LogP contribution in [0.2, 0.25) is 0 Å². The molecule has 0 radical (unpaired) electrons. The number of hydrogen-bond acceptors (Lipinski definition) is 3. The molecule has 2 heterocycles. The fourth-order valence-electron chi connectivity index (χ4n) is 3.39. The fraction of sp³-hybridized carbons (Fsp3) is 0.476. The molecule has 28 heavy (non-hydrogen) atoms. The van der Waals surface area contributed by atoms with Crippen LogP contribution < -0.4 is 10.6 Å². The summed E-state index contributed by atoms with van der Waals surface area (Å²) in [6.07, 6.45) is 4.16. The molecule has 0 amide bonds. The molecule has 1 aliphatic heterocycles. The number of halogens is 1. The van der Waals surface area contributed by atoms with Gasteiger partial charge in [0.05, 0.1) is 0 Å². The first-order valence-electron chi connectivity index (χ1n) is 9.87. The van der Waals surface area contributed by atoms with Crippen molar-refractivity contribution in [3.8, 4) is 0 Å². The fourth-order valence-corrected chi connectivity index (χ4v) is 3.39. The van der Waals surface area contributed by atoms with Crippen LogP contribution in [0.15, 0.2) is 59.9 Å². The Morgan fingerprint density at radius 2 is 1.46 bits per heavy atom. The van der Waals surface area contributed by atoms with E-state index in [1.165, 1.54) is 5.56 Å². The lowest BCUT2D eigenvalue weighted by molar-refractivity contribution is 0.129. The Kier molecular flexibility index (Phi) is 10.4. The maximum absolute atomic E-state index is 4.31. The van der Waals surface area contributed by atoms with Crippen LogP contribution in [-0.2, 0) is 13.1 Å². The molecule has 0 saturated carbocycles. The maximum Gasteiger partial charge on any atom is 0.191 e. The van der Waals surface area contributed by atoms with Gasteiger partial charge in [0.15, 0.2) is 5.96 Å². The van der Waals surface area contributed by atoms with E-state index in [1.54, 1.807) is 0 Å². The molecule has 1 saturated heterocycles. The molecule has 0 spiro atoms. The summed E-state index contributed by atoms with van der Waals surface area (Å²) in [5.74, 6) is 0.880. The van der Waals surface area contributed by atoms with Gasteiger partial charge in [-0.25, -0.2) is 0 Å². The predicted octanol–water partition coefficient (Wildman–Crippen LogP) is 2.09. The number of hydrogen-bond donors (Lipinski definition) is 2. The maximum atomic E-state index is 4.31. The summed E-state index contributed by atoms with van der Waals surface area (Å²) in [5.41, 5.74) is 1.41. The van der Waals surface area contributed by atoms with Crippen molar-refractivity contribution >= 4 is 29.9 Å². The zero-order valence-corrected chi connectivity index (χ0v) is 19.1. The number of guanidine groups is 1. The Morgan fingerprint density at radius 1 is 0.857 bits per heavy atom. The van der Waals surface area contributed by atoms with Crippen LogP contribution in [0.25, 0.3) is 0 Å². The Morgan fingerprint density at radius 3 is 2.11 bits per heavy atom. The van der Waals surface area contributed by atoms with Gasteiger partial charge in [0.2, 0.25) is 0 Å². The third-order valence-corrected chi connectivity index (χ3v) is 4.99. The molecular weight excluding hydrogens is 463 g/mol. The summed E-state index contributed by atoms with van der Waals surface area (Å²) in [4.78, 5) is 9.38. The summed E-state index contributed by atoms with van der Waals surface area (Å²) in [5, 5.41) is 6.79. The molecule has 7 heteroatoms. The lowest BCUT2D eigenvalue weighted by atomic mass is 10.2. The van der Waals surface area contributed by atoms with E-state index in [1.807, 2.05) is 19.2 Å². The zero-order valence-electron chi connectivity index (χ0n) is 16.8. The van der Waals surface area contributed by atoms with Crippen molar-refractivity contribution < 1.29 is 0 Å². The molecular formula is C21H33IN6. The highest BCUT2D eigenvalue weighted by atomic mass is 127. The first-order chi connectivity index (χ1) is 13.3. The van der Waals surface area contributed by atoms with Crippen molar-refractivity contribution in [2.45, 2.75) is 13.1 Å². The van der Waals surface area contributed by atoms with E-state index in [-0.39, 0.29) is 24.0 Å². The lowest BCUT2D eigenvalue weighted by Crippen LogP contribution is -2.49. The van der Waals surface area contributed by atoms with E-state index in [2.05, 4.69) is 72.7 Å².